The summed E-state index contributed by atoms with van der Waals surface area (Å²) in [6.45, 7) is 4.50. The van der Waals surface area contributed by atoms with Crippen LogP contribution in [0.4, 0.5) is 11.7 Å². The summed E-state index contributed by atoms with van der Waals surface area (Å²) in [7, 11) is 2.06. The minimum absolute atomic E-state index is 0.223. The number of hydrogen-bond donors (Lipinski definition) is 0. The Morgan fingerprint density at radius 2 is 2.18 bits per heavy atom. The van der Waals surface area contributed by atoms with Gasteiger partial charge in [-0.3, -0.25) is 4.81 Å². The topological polar surface area (TPSA) is 33.2 Å². The molecule has 3 aromatic rings. The van der Waals surface area contributed by atoms with E-state index in [-0.39, 0.29) is 6.85 Å². The fourth-order valence-corrected chi connectivity index (χ4v) is 3.00. The Balaban J connectivity index is 1.98. The molecule has 0 atom stereocenters. The van der Waals surface area contributed by atoms with Gasteiger partial charge in [-0.2, -0.15) is 0 Å². The summed E-state index contributed by atoms with van der Waals surface area (Å²) in [5.41, 5.74) is 3.01. The van der Waals surface area contributed by atoms with Gasteiger partial charge in [-0.25, -0.2) is 9.55 Å². The summed E-state index contributed by atoms with van der Waals surface area (Å²) < 4.78 is 8.19. The molecule has 4 nitrogen and oxygen atoms in total. The molecular formula is C17H17BN3O+. The Bertz CT molecular complexity index is 900. The fraction of sp³-hybridized carbons (Fsp3) is 0.176. The van der Waals surface area contributed by atoms with Gasteiger partial charge in [0.05, 0.1) is 24.2 Å². The molecule has 5 heteroatoms. The second-order valence-electron chi connectivity index (χ2n) is 5.82. The molecule has 0 amide bonds. The molecular weight excluding hydrogens is 273 g/mol. The highest BCUT2D eigenvalue weighted by Gasteiger charge is 2.37. The second kappa shape index (κ2) is 4.73. The van der Waals surface area contributed by atoms with Crippen LogP contribution in [-0.4, -0.2) is 11.8 Å². The molecule has 4 heterocycles. The molecule has 0 N–H and O–H groups in total. The number of rotatable bonds is 1. The molecule has 0 saturated heterocycles. The minimum atomic E-state index is 0.223. The highest BCUT2D eigenvalue weighted by molar-refractivity contribution is 6.69. The SMILES string of the molecule is CB1C=Cc2c(oc3ncccc23)N1c1cc(C)cc[n+]1C. The summed E-state index contributed by atoms with van der Waals surface area (Å²) in [6, 6.07) is 8.29. The Hall–Kier alpha value is -2.56. The molecule has 0 aromatic carbocycles. The van der Waals surface area contributed by atoms with Gasteiger partial charge in [0.1, 0.15) is 0 Å². The lowest BCUT2D eigenvalue weighted by atomic mass is 9.61. The largest absolute Gasteiger partial charge is 0.405 e. The fourth-order valence-electron chi connectivity index (χ4n) is 3.00. The second-order valence-corrected chi connectivity index (χ2v) is 5.82. The predicted octanol–water partition coefficient (Wildman–Crippen LogP) is 3.29. The average Bonchev–Trinajstić information content (AvgIpc) is 2.88. The van der Waals surface area contributed by atoms with Crippen LogP contribution >= 0.6 is 0 Å². The molecule has 0 bridgehead atoms. The van der Waals surface area contributed by atoms with E-state index in [2.05, 4.69) is 71.6 Å². The van der Waals surface area contributed by atoms with E-state index >= 15 is 0 Å². The van der Waals surface area contributed by atoms with Crippen LogP contribution in [0.2, 0.25) is 6.82 Å². The number of fused-ring (bicyclic) bond motifs is 3. The molecule has 0 aliphatic carbocycles. The van der Waals surface area contributed by atoms with Crippen molar-refractivity contribution in [3.05, 3.63) is 53.8 Å². The Kier molecular flexibility index (Phi) is 2.82. The molecule has 0 unspecified atom stereocenters. The maximum Gasteiger partial charge on any atom is 0.405 e. The predicted molar refractivity (Wildman–Crippen MR) is 89.2 cm³/mol. The standard InChI is InChI=1S/C17H17BN3O/c1-12-7-10-20(3)15(11-12)21-17-14(6-8-18(21)2)13-5-4-9-19-16(13)22-17/h4-11H,1-3H3/q+1. The van der Waals surface area contributed by atoms with Crippen LogP contribution in [0.15, 0.2) is 47.1 Å². The van der Waals surface area contributed by atoms with Crippen molar-refractivity contribution in [3.63, 3.8) is 0 Å². The first-order valence-electron chi connectivity index (χ1n) is 7.46. The van der Waals surface area contributed by atoms with Crippen LogP contribution in [0.5, 0.6) is 0 Å². The number of pyridine rings is 2. The van der Waals surface area contributed by atoms with E-state index in [1.807, 2.05) is 6.07 Å². The number of hydrogen-bond acceptors (Lipinski definition) is 3. The smallest absolute Gasteiger partial charge is 0.404 e. The van der Waals surface area contributed by atoms with E-state index in [1.54, 1.807) is 6.20 Å². The lowest BCUT2D eigenvalue weighted by Gasteiger charge is -2.22. The summed E-state index contributed by atoms with van der Waals surface area (Å²) in [5.74, 6) is 4.18. The minimum Gasteiger partial charge on any atom is -0.404 e. The number of anilines is 2. The number of aryl methyl sites for hydroxylation is 2. The van der Waals surface area contributed by atoms with Gasteiger partial charge in [0.2, 0.25) is 5.71 Å². The van der Waals surface area contributed by atoms with Gasteiger partial charge in [-0.1, -0.05) is 12.1 Å². The maximum absolute atomic E-state index is 6.07. The Morgan fingerprint density at radius 3 is 3.05 bits per heavy atom. The first-order chi connectivity index (χ1) is 10.6. The van der Waals surface area contributed by atoms with Crippen molar-refractivity contribution in [3.8, 4) is 0 Å². The summed E-state index contributed by atoms with van der Waals surface area (Å²) in [4.78, 5) is 6.57. The third-order valence-electron chi connectivity index (χ3n) is 4.18. The molecule has 0 saturated carbocycles. The molecule has 1 aliphatic rings. The zero-order chi connectivity index (χ0) is 15.3. The van der Waals surface area contributed by atoms with Gasteiger partial charge in [0.15, 0.2) is 0 Å². The normalized spacial score (nSPS) is 13.8. The van der Waals surface area contributed by atoms with Crippen LogP contribution < -0.4 is 9.38 Å². The third kappa shape index (κ3) is 1.85. The van der Waals surface area contributed by atoms with E-state index in [0.29, 0.717) is 5.71 Å². The summed E-state index contributed by atoms with van der Waals surface area (Å²) in [5, 5.41) is 1.06. The van der Waals surface area contributed by atoms with E-state index in [4.69, 9.17) is 4.42 Å². The van der Waals surface area contributed by atoms with Crippen molar-refractivity contribution in [2.75, 3.05) is 4.81 Å². The van der Waals surface area contributed by atoms with Gasteiger partial charge >= 0.3 is 6.85 Å². The van der Waals surface area contributed by atoms with Crippen LogP contribution in [0.25, 0.3) is 17.2 Å². The molecule has 1 aliphatic heterocycles. The van der Waals surface area contributed by atoms with Gasteiger partial charge in [-0.05, 0) is 37.5 Å². The van der Waals surface area contributed by atoms with Gasteiger partial charge < -0.3 is 4.42 Å². The number of aromatic nitrogens is 2. The lowest BCUT2D eigenvalue weighted by molar-refractivity contribution is -0.658. The average molecular weight is 290 g/mol. The van der Waals surface area contributed by atoms with Gasteiger partial charge in [0.25, 0.3) is 11.7 Å². The van der Waals surface area contributed by atoms with Crippen molar-refractivity contribution >= 4 is 35.7 Å². The zero-order valence-corrected chi connectivity index (χ0v) is 12.9. The number of furan rings is 1. The quantitative estimate of drug-likeness (QED) is 0.509. The molecule has 0 spiro atoms. The van der Waals surface area contributed by atoms with Crippen molar-refractivity contribution in [1.82, 2.24) is 4.98 Å². The van der Waals surface area contributed by atoms with Crippen LogP contribution in [0, 0.1) is 6.92 Å². The molecule has 0 radical (unpaired) electrons. The van der Waals surface area contributed by atoms with E-state index in [9.17, 15) is 0 Å². The Morgan fingerprint density at radius 1 is 1.32 bits per heavy atom. The lowest BCUT2D eigenvalue weighted by Crippen LogP contribution is -2.43. The molecule has 22 heavy (non-hydrogen) atoms. The first-order valence-corrected chi connectivity index (χ1v) is 7.46. The zero-order valence-electron chi connectivity index (χ0n) is 12.9. The summed E-state index contributed by atoms with van der Waals surface area (Å²) >= 11 is 0. The van der Waals surface area contributed by atoms with Crippen LogP contribution in [0.3, 0.4) is 0 Å². The highest BCUT2D eigenvalue weighted by Crippen LogP contribution is 2.39. The highest BCUT2D eigenvalue weighted by atomic mass is 16.4. The molecule has 4 rings (SSSR count). The van der Waals surface area contributed by atoms with Crippen molar-refractivity contribution in [2.45, 2.75) is 13.7 Å². The monoisotopic (exact) mass is 290 g/mol. The molecule has 108 valence electrons. The van der Waals surface area contributed by atoms with Gasteiger partial charge in [0, 0.05) is 12.3 Å². The van der Waals surface area contributed by atoms with Crippen molar-refractivity contribution < 1.29 is 8.98 Å². The van der Waals surface area contributed by atoms with Crippen LogP contribution in [-0.2, 0) is 7.05 Å². The van der Waals surface area contributed by atoms with Crippen LogP contribution in [0.1, 0.15) is 11.1 Å². The van der Waals surface area contributed by atoms with E-state index in [0.717, 1.165) is 22.7 Å². The van der Waals surface area contributed by atoms with Crippen molar-refractivity contribution in [2.24, 2.45) is 7.05 Å². The molecule has 0 fully saturated rings. The maximum atomic E-state index is 6.07. The number of nitrogens with zero attached hydrogens (tertiary/aromatic N) is 3. The van der Waals surface area contributed by atoms with E-state index < -0.39 is 0 Å². The first kappa shape index (κ1) is 13.1. The third-order valence-corrected chi connectivity index (χ3v) is 4.18. The van der Waals surface area contributed by atoms with Crippen molar-refractivity contribution in [1.29, 1.82) is 0 Å². The summed E-state index contributed by atoms with van der Waals surface area (Å²) in [6.07, 6.45) is 5.98. The van der Waals surface area contributed by atoms with Gasteiger partial charge in [-0.15, -0.1) is 0 Å². The molecule has 3 aromatic heterocycles. The van der Waals surface area contributed by atoms with E-state index in [1.165, 1.54) is 5.56 Å². The Labute approximate surface area is 129 Å².